The Morgan fingerprint density at radius 2 is 1.95 bits per heavy atom. The van der Waals surface area contributed by atoms with Crippen LogP contribution in [0.5, 0.6) is 0 Å². The zero-order chi connectivity index (χ0) is 14.5. The van der Waals surface area contributed by atoms with Gasteiger partial charge in [-0.15, -0.1) is 0 Å². The van der Waals surface area contributed by atoms with Crippen LogP contribution in [-0.4, -0.2) is 19.1 Å². The van der Waals surface area contributed by atoms with Crippen LogP contribution in [-0.2, 0) is 6.54 Å². The lowest BCUT2D eigenvalue weighted by molar-refractivity contribution is 0.649. The highest BCUT2D eigenvalue weighted by molar-refractivity contribution is 5.41. The van der Waals surface area contributed by atoms with E-state index in [0.717, 1.165) is 12.4 Å². The molecule has 1 N–H and O–H groups in total. The number of aryl methyl sites for hydroxylation is 1. The zero-order valence-electron chi connectivity index (χ0n) is 12.7. The lowest BCUT2D eigenvalue weighted by atomic mass is 10.1. The van der Waals surface area contributed by atoms with Gasteiger partial charge in [0.05, 0.1) is 0 Å². The lowest BCUT2D eigenvalue weighted by Crippen LogP contribution is -2.19. The molecule has 106 valence electrons. The number of rotatable bonds is 5. The predicted molar refractivity (Wildman–Crippen MR) is 85.0 cm³/mol. The first-order valence-electron chi connectivity index (χ1n) is 7.00. The second-order valence-electron chi connectivity index (χ2n) is 5.24. The molecule has 1 aromatic heterocycles. The third kappa shape index (κ3) is 3.36. The van der Waals surface area contributed by atoms with Gasteiger partial charge < -0.3 is 10.2 Å². The number of aromatic nitrogens is 1. The van der Waals surface area contributed by atoms with Crippen LogP contribution in [0, 0.1) is 6.92 Å². The topological polar surface area (TPSA) is 28.2 Å². The molecule has 0 amide bonds. The fourth-order valence-corrected chi connectivity index (χ4v) is 2.17. The molecule has 0 saturated heterocycles. The van der Waals surface area contributed by atoms with Crippen LogP contribution >= 0.6 is 0 Å². The summed E-state index contributed by atoms with van der Waals surface area (Å²) < 4.78 is 0. The lowest BCUT2D eigenvalue weighted by Gasteiger charge is -2.20. The number of pyridine rings is 1. The van der Waals surface area contributed by atoms with Crippen molar-refractivity contribution in [3.63, 3.8) is 0 Å². The number of nitrogens with one attached hydrogen (secondary N) is 1. The van der Waals surface area contributed by atoms with Gasteiger partial charge in [-0.05, 0) is 43.7 Å². The van der Waals surface area contributed by atoms with Crippen LogP contribution < -0.4 is 10.2 Å². The van der Waals surface area contributed by atoms with Gasteiger partial charge in [-0.25, -0.2) is 4.98 Å². The third-order valence-corrected chi connectivity index (χ3v) is 3.76. The maximum Gasteiger partial charge on any atom is 0.128 e. The SMILES string of the molecule is CNC(C)c1ccc(N(C)Cc2ccccc2C)nc1. The van der Waals surface area contributed by atoms with Crippen molar-refractivity contribution < 1.29 is 0 Å². The van der Waals surface area contributed by atoms with E-state index in [1.807, 2.05) is 13.2 Å². The monoisotopic (exact) mass is 269 g/mol. The van der Waals surface area contributed by atoms with E-state index in [2.05, 4.69) is 72.5 Å². The second-order valence-corrected chi connectivity index (χ2v) is 5.24. The van der Waals surface area contributed by atoms with E-state index in [9.17, 15) is 0 Å². The van der Waals surface area contributed by atoms with Crippen molar-refractivity contribution >= 4 is 5.82 Å². The van der Waals surface area contributed by atoms with E-state index in [4.69, 9.17) is 0 Å². The first-order chi connectivity index (χ1) is 9.61. The molecule has 1 unspecified atom stereocenters. The summed E-state index contributed by atoms with van der Waals surface area (Å²) in [6.07, 6.45) is 1.95. The molecule has 0 radical (unpaired) electrons. The van der Waals surface area contributed by atoms with Crippen molar-refractivity contribution in [2.45, 2.75) is 26.4 Å². The molecule has 3 heteroatoms. The van der Waals surface area contributed by atoms with Crippen molar-refractivity contribution in [3.05, 3.63) is 59.3 Å². The predicted octanol–water partition coefficient (Wildman–Crippen LogP) is 3.31. The molecule has 0 aliphatic carbocycles. The molecule has 2 rings (SSSR count). The molecule has 0 bridgehead atoms. The van der Waals surface area contributed by atoms with E-state index >= 15 is 0 Å². The van der Waals surface area contributed by atoms with E-state index in [1.54, 1.807) is 0 Å². The minimum Gasteiger partial charge on any atom is -0.355 e. The molecule has 3 nitrogen and oxygen atoms in total. The Bertz CT molecular complexity index is 548. The van der Waals surface area contributed by atoms with E-state index in [0.29, 0.717) is 6.04 Å². The van der Waals surface area contributed by atoms with E-state index in [1.165, 1.54) is 16.7 Å². The zero-order valence-corrected chi connectivity index (χ0v) is 12.7. The average Bonchev–Trinajstić information content (AvgIpc) is 2.49. The first kappa shape index (κ1) is 14.5. The van der Waals surface area contributed by atoms with Gasteiger partial charge in [0.25, 0.3) is 0 Å². The number of hydrogen-bond acceptors (Lipinski definition) is 3. The molecular weight excluding hydrogens is 246 g/mol. The van der Waals surface area contributed by atoms with Gasteiger partial charge in [0.15, 0.2) is 0 Å². The Labute approximate surface area is 121 Å². The average molecular weight is 269 g/mol. The molecule has 0 fully saturated rings. The summed E-state index contributed by atoms with van der Waals surface area (Å²) in [5, 5.41) is 3.22. The standard InChI is InChI=1S/C17H23N3/c1-13-7-5-6-8-16(13)12-20(4)17-10-9-15(11-19-17)14(2)18-3/h5-11,14,18H,12H2,1-4H3. The fraction of sp³-hybridized carbons (Fsp3) is 0.353. The molecular formula is C17H23N3. The van der Waals surface area contributed by atoms with Crippen LogP contribution in [0.15, 0.2) is 42.6 Å². The van der Waals surface area contributed by atoms with Gasteiger partial charge in [0, 0.05) is 25.8 Å². The third-order valence-electron chi connectivity index (χ3n) is 3.76. The summed E-state index contributed by atoms with van der Waals surface area (Å²) in [7, 11) is 4.04. The molecule has 0 aliphatic heterocycles. The van der Waals surface area contributed by atoms with Gasteiger partial charge in [-0.1, -0.05) is 30.3 Å². The van der Waals surface area contributed by atoms with E-state index < -0.39 is 0 Å². The summed E-state index contributed by atoms with van der Waals surface area (Å²) in [4.78, 5) is 6.74. The van der Waals surface area contributed by atoms with Gasteiger partial charge in [-0.2, -0.15) is 0 Å². The molecule has 1 aromatic carbocycles. The molecule has 0 aliphatic rings. The van der Waals surface area contributed by atoms with Crippen LogP contribution in [0.4, 0.5) is 5.82 Å². The Morgan fingerprint density at radius 3 is 2.55 bits per heavy atom. The highest BCUT2D eigenvalue weighted by Gasteiger charge is 2.07. The Balaban J connectivity index is 2.10. The summed E-state index contributed by atoms with van der Waals surface area (Å²) in [5.74, 6) is 1.00. The normalized spacial score (nSPS) is 12.2. The fourth-order valence-electron chi connectivity index (χ4n) is 2.17. The van der Waals surface area contributed by atoms with Gasteiger partial charge >= 0.3 is 0 Å². The van der Waals surface area contributed by atoms with Gasteiger partial charge in [0.2, 0.25) is 0 Å². The van der Waals surface area contributed by atoms with Crippen molar-refractivity contribution in [1.29, 1.82) is 0 Å². The molecule has 1 heterocycles. The summed E-state index contributed by atoms with van der Waals surface area (Å²) >= 11 is 0. The summed E-state index contributed by atoms with van der Waals surface area (Å²) in [6.45, 7) is 5.16. The van der Waals surface area contributed by atoms with Gasteiger partial charge in [0.1, 0.15) is 5.82 Å². The first-order valence-corrected chi connectivity index (χ1v) is 7.00. The number of hydrogen-bond donors (Lipinski definition) is 1. The largest absolute Gasteiger partial charge is 0.355 e. The molecule has 0 spiro atoms. The quantitative estimate of drug-likeness (QED) is 0.902. The van der Waals surface area contributed by atoms with Crippen molar-refractivity contribution in [2.75, 3.05) is 19.0 Å². The minimum absolute atomic E-state index is 0.332. The molecule has 2 aromatic rings. The molecule has 20 heavy (non-hydrogen) atoms. The van der Waals surface area contributed by atoms with Crippen molar-refractivity contribution in [2.24, 2.45) is 0 Å². The van der Waals surface area contributed by atoms with Crippen molar-refractivity contribution in [3.8, 4) is 0 Å². The maximum atomic E-state index is 4.56. The minimum atomic E-state index is 0.332. The Hall–Kier alpha value is -1.87. The van der Waals surface area contributed by atoms with Crippen LogP contribution in [0.2, 0.25) is 0 Å². The number of benzene rings is 1. The molecule has 1 atom stereocenters. The van der Waals surface area contributed by atoms with Gasteiger partial charge in [-0.3, -0.25) is 0 Å². The second kappa shape index (κ2) is 6.53. The van der Waals surface area contributed by atoms with E-state index in [-0.39, 0.29) is 0 Å². The Kier molecular flexibility index (Phi) is 4.74. The molecule has 0 saturated carbocycles. The van der Waals surface area contributed by atoms with Crippen LogP contribution in [0.1, 0.15) is 29.7 Å². The van der Waals surface area contributed by atoms with Crippen LogP contribution in [0.3, 0.4) is 0 Å². The Morgan fingerprint density at radius 1 is 1.20 bits per heavy atom. The van der Waals surface area contributed by atoms with Crippen molar-refractivity contribution in [1.82, 2.24) is 10.3 Å². The number of nitrogens with zero attached hydrogens (tertiary/aromatic N) is 2. The summed E-state index contributed by atoms with van der Waals surface area (Å²) in [6, 6.07) is 13.0. The highest BCUT2D eigenvalue weighted by atomic mass is 15.2. The number of anilines is 1. The highest BCUT2D eigenvalue weighted by Crippen LogP contribution is 2.17. The summed E-state index contributed by atoms with van der Waals surface area (Å²) in [5.41, 5.74) is 3.87. The van der Waals surface area contributed by atoms with Crippen LogP contribution in [0.25, 0.3) is 0 Å². The smallest absolute Gasteiger partial charge is 0.128 e. The maximum absolute atomic E-state index is 4.56.